The molecule has 0 bridgehead atoms. The van der Waals surface area contributed by atoms with E-state index in [1.807, 2.05) is 0 Å². The number of rotatable bonds is 3. The molecule has 1 saturated heterocycles. The Morgan fingerprint density at radius 3 is 2.75 bits per heavy atom. The molecule has 1 aliphatic heterocycles. The van der Waals surface area contributed by atoms with E-state index >= 15 is 0 Å². The van der Waals surface area contributed by atoms with E-state index in [1.165, 1.54) is 13.2 Å². The summed E-state index contributed by atoms with van der Waals surface area (Å²) < 4.78 is 10.3. The number of carbonyl (C=O) groups is 3. The maximum atomic E-state index is 11.7. The lowest BCUT2D eigenvalue weighted by Gasteiger charge is -2.04. The summed E-state index contributed by atoms with van der Waals surface area (Å²) in [6.07, 6.45) is 1.48. The van der Waals surface area contributed by atoms with Crippen LogP contribution in [0.25, 0.3) is 17.4 Å². The van der Waals surface area contributed by atoms with Crippen molar-refractivity contribution in [2.75, 3.05) is 7.11 Å². The highest BCUT2D eigenvalue weighted by Crippen LogP contribution is 2.30. The van der Waals surface area contributed by atoms with Crippen LogP contribution in [0.4, 0.5) is 4.79 Å². The van der Waals surface area contributed by atoms with E-state index in [0.29, 0.717) is 17.1 Å². The van der Waals surface area contributed by atoms with Gasteiger partial charge in [-0.2, -0.15) is 0 Å². The minimum Gasteiger partial charge on any atom is -0.465 e. The number of hydrogen-bond acceptors (Lipinski definition) is 6. The molecule has 0 saturated carbocycles. The molecule has 2 amide bonds. The van der Waals surface area contributed by atoms with Gasteiger partial charge in [0.25, 0.3) is 11.1 Å². The van der Waals surface area contributed by atoms with E-state index < -0.39 is 17.1 Å². The van der Waals surface area contributed by atoms with E-state index in [0.717, 1.165) is 11.8 Å². The van der Waals surface area contributed by atoms with Crippen molar-refractivity contribution < 1.29 is 23.5 Å². The van der Waals surface area contributed by atoms with Gasteiger partial charge in [0.05, 0.1) is 22.6 Å². The number of methoxy groups -OCH3 is 1. The molecule has 8 heteroatoms. The number of ether oxygens (including phenoxy) is 1. The van der Waals surface area contributed by atoms with Gasteiger partial charge >= 0.3 is 5.97 Å². The van der Waals surface area contributed by atoms with E-state index in [-0.39, 0.29) is 15.5 Å². The molecule has 0 aliphatic carbocycles. The first-order chi connectivity index (χ1) is 11.5. The normalized spacial score (nSPS) is 15.7. The summed E-state index contributed by atoms with van der Waals surface area (Å²) in [6.45, 7) is 0. The Balaban J connectivity index is 1.91. The summed E-state index contributed by atoms with van der Waals surface area (Å²) in [5.41, 5.74) is 0.855. The molecule has 0 spiro atoms. The van der Waals surface area contributed by atoms with Crippen LogP contribution in [-0.2, 0) is 9.53 Å². The van der Waals surface area contributed by atoms with Crippen molar-refractivity contribution in [1.29, 1.82) is 0 Å². The molecule has 0 radical (unpaired) electrons. The summed E-state index contributed by atoms with van der Waals surface area (Å²) in [7, 11) is 1.27. The molecule has 24 heavy (non-hydrogen) atoms. The number of imide groups is 1. The molecule has 1 aliphatic rings. The number of benzene rings is 1. The smallest absolute Gasteiger partial charge is 0.339 e. The van der Waals surface area contributed by atoms with Crippen LogP contribution in [0.2, 0.25) is 5.02 Å². The first-order valence-electron chi connectivity index (χ1n) is 6.71. The molecule has 1 fully saturated rings. The molecule has 2 aromatic rings. The quantitative estimate of drug-likeness (QED) is 0.661. The minimum atomic E-state index is -0.548. The fourth-order valence-corrected chi connectivity index (χ4v) is 2.94. The summed E-state index contributed by atoms with van der Waals surface area (Å²) >= 11 is 6.79. The third-order valence-electron chi connectivity index (χ3n) is 3.20. The molecule has 0 atom stereocenters. The van der Waals surface area contributed by atoms with Gasteiger partial charge in [0, 0.05) is 11.6 Å². The molecule has 2 heterocycles. The van der Waals surface area contributed by atoms with Crippen molar-refractivity contribution in [3.8, 4) is 11.3 Å². The largest absolute Gasteiger partial charge is 0.465 e. The summed E-state index contributed by atoms with van der Waals surface area (Å²) in [4.78, 5) is 34.6. The van der Waals surface area contributed by atoms with Gasteiger partial charge < -0.3 is 9.15 Å². The molecule has 6 nitrogen and oxygen atoms in total. The number of esters is 1. The van der Waals surface area contributed by atoms with Crippen LogP contribution in [-0.4, -0.2) is 24.2 Å². The summed E-state index contributed by atoms with van der Waals surface area (Å²) in [5, 5.41) is 2.02. The molecule has 0 unspecified atom stereocenters. The Morgan fingerprint density at radius 1 is 1.29 bits per heavy atom. The van der Waals surface area contributed by atoms with Gasteiger partial charge in [-0.25, -0.2) is 4.79 Å². The van der Waals surface area contributed by atoms with Crippen molar-refractivity contribution in [3.63, 3.8) is 0 Å². The van der Waals surface area contributed by atoms with Crippen molar-refractivity contribution >= 4 is 46.6 Å². The number of furan rings is 1. The van der Waals surface area contributed by atoms with Crippen LogP contribution in [0.15, 0.2) is 39.7 Å². The highest BCUT2D eigenvalue weighted by Gasteiger charge is 2.25. The third-order valence-corrected chi connectivity index (χ3v) is 4.34. The molecular formula is C16H10ClNO5S. The molecule has 1 aromatic heterocycles. The number of hydrogen-bond donors (Lipinski definition) is 1. The third kappa shape index (κ3) is 3.22. The van der Waals surface area contributed by atoms with Crippen molar-refractivity contribution in [1.82, 2.24) is 5.32 Å². The zero-order valence-corrected chi connectivity index (χ0v) is 13.9. The number of amides is 2. The second kappa shape index (κ2) is 6.54. The predicted molar refractivity (Wildman–Crippen MR) is 89.6 cm³/mol. The van der Waals surface area contributed by atoms with Gasteiger partial charge in [0.15, 0.2) is 0 Å². The number of halogens is 1. The van der Waals surface area contributed by atoms with E-state index in [2.05, 4.69) is 10.1 Å². The first kappa shape index (κ1) is 16.4. The fraction of sp³-hybridized carbons (Fsp3) is 0.0625. The zero-order valence-electron chi connectivity index (χ0n) is 12.3. The van der Waals surface area contributed by atoms with Crippen molar-refractivity contribution in [3.05, 3.63) is 51.6 Å². The SMILES string of the molecule is COC(=O)c1cc(-c2ccc(C=C3SC(=O)NC3=O)o2)ccc1Cl. The van der Waals surface area contributed by atoms with Crippen molar-refractivity contribution in [2.45, 2.75) is 0 Å². The van der Waals surface area contributed by atoms with Crippen LogP contribution in [0.5, 0.6) is 0 Å². The molecule has 1 aromatic carbocycles. The lowest BCUT2D eigenvalue weighted by Crippen LogP contribution is -2.17. The molecule has 3 rings (SSSR count). The second-order valence-corrected chi connectivity index (χ2v) is 6.16. The van der Waals surface area contributed by atoms with Gasteiger partial charge in [0.2, 0.25) is 0 Å². The van der Waals surface area contributed by atoms with Crippen LogP contribution >= 0.6 is 23.4 Å². The molecule has 122 valence electrons. The Morgan fingerprint density at radius 2 is 2.08 bits per heavy atom. The second-order valence-electron chi connectivity index (χ2n) is 4.74. The average molecular weight is 364 g/mol. The number of nitrogens with one attached hydrogen (secondary N) is 1. The Hall–Kier alpha value is -2.51. The number of carbonyl (C=O) groups excluding carboxylic acids is 3. The fourth-order valence-electron chi connectivity index (χ4n) is 2.08. The van der Waals surface area contributed by atoms with Gasteiger partial charge in [-0.3, -0.25) is 14.9 Å². The van der Waals surface area contributed by atoms with Gasteiger partial charge in [-0.1, -0.05) is 11.6 Å². The topological polar surface area (TPSA) is 85.6 Å². The average Bonchev–Trinajstić information content (AvgIpc) is 3.14. The van der Waals surface area contributed by atoms with E-state index in [9.17, 15) is 14.4 Å². The van der Waals surface area contributed by atoms with Crippen LogP contribution in [0, 0.1) is 0 Å². The van der Waals surface area contributed by atoms with Gasteiger partial charge in [-0.05, 0) is 42.1 Å². The monoisotopic (exact) mass is 363 g/mol. The minimum absolute atomic E-state index is 0.226. The molecular weight excluding hydrogens is 354 g/mol. The van der Waals surface area contributed by atoms with Crippen molar-refractivity contribution in [2.24, 2.45) is 0 Å². The maximum absolute atomic E-state index is 11.7. The first-order valence-corrected chi connectivity index (χ1v) is 7.90. The number of thioether (sulfide) groups is 1. The summed E-state index contributed by atoms with van der Waals surface area (Å²) in [6, 6.07) is 8.18. The highest BCUT2D eigenvalue weighted by atomic mass is 35.5. The van der Waals surface area contributed by atoms with Crippen LogP contribution in [0.1, 0.15) is 16.1 Å². The summed E-state index contributed by atoms with van der Waals surface area (Å²) in [5.74, 6) is -0.110. The zero-order chi connectivity index (χ0) is 17.3. The highest BCUT2D eigenvalue weighted by molar-refractivity contribution is 8.18. The van der Waals surface area contributed by atoms with Crippen LogP contribution in [0.3, 0.4) is 0 Å². The lowest BCUT2D eigenvalue weighted by atomic mass is 10.1. The van der Waals surface area contributed by atoms with Crippen LogP contribution < -0.4 is 5.32 Å². The van der Waals surface area contributed by atoms with E-state index in [4.69, 9.17) is 16.0 Å². The van der Waals surface area contributed by atoms with Gasteiger partial charge in [0.1, 0.15) is 11.5 Å². The van der Waals surface area contributed by atoms with E-state index in [1.54, 1.807) is 30.3 Å². The Labute approximate surface area is 145 Å². The predicted octanol–water partition coefficient (Wildman–Crippen LogP) is 3.71. The maximum Gasteiger partial charge on any atom is 0.339 e. The Bertz CT molecular complexity index is 886. The lowest BCUT2D eigenvalue weighted by molar-refractivity contribution is -0.115. The molecule has 1 N–H and O–H groups in total. The van der Waals surface area contributed by atoms with Gasteiger partial charge in [-0.15, -0.1) is 0 Å². The standard InChI is InChI=1S/C16H10ClNO5S/c1-22-15(20)10-6-8(2-4-11(10)17)12-5-3-9(23-12)7-13-14(19)18-16(21)24-13/h2-7H,1H3,(H,18,19,21). The Kier molecular flexibility index (Phi) is 4.46.